The highest BCUT2D eigenvalue weighted by molar-refractivity contribution is 7.20. The van der Waals surface area contributed by atoms with Gasteiger partial charge in [0.2, 0.25) is 0 Å². The summed E-state index contributed by atoms with van der Waals surface area (Å²) in [5.74, 6) is 0.811. The molecule has 3 aliphatic heterocycles. The molecule has 0 spiro atoms. The number of carbonyl (C=O) groups is 1. The Balaban J connectivity index is 1.07. The highest BCUT2D eigenvalue weighted by Gasteiger charge is 2.43. The van der Waals surface area contributed by atoms with Gasteiger partial charge in [-0.05, 0) is 56.0 Å². The standard InChI is InChI=1S/C31H31ClFN3O4S/c1-31(23-6-5-19(32)13-24(23)33)15-22-21(3-2-4-26(22)40-31)18-7-10-35(11-8-18)17-28-34-29-25(14-27(41-29)30(37)38)36(28)16-20-9-12-39-20/h2,4-7,13-14,20-21H,3,8-12,15-17H2,1H3,(H,37,38). The van der Waals surface area contributed by atoms with E-state index in [1.54, 1.807) is 18.2 Å². The van der Waals surface area contributed by atoms with Crippen molar-refractivity contribution in [2.45, 2.75) is 57.4 Å². The van der Waals surface area contributed by atoms with E-state index in [4.69, 9.17) is 26.1 Å². The van der Waals surface area contributed by atoms with Crippen molar-refractivity contribution >= 4 is 39.3 Å². The molecule has 41 heavy (non-hydrogen) atoms. The minimum atomic E-state index is -0.920. The molecule has 7 rings (SSSR count). The molecule has 3 aromatic rings. The average Bonchev–Trinajstić information content (AvgIpc) is 3.57. The summed E-state index contributed by atoms with van der Waals surface area (Å²) in [5.41, 5.74) is 3.30. The Labute approximate surface area is 246 Å². The highest BCUT2D eigenvalue weighted by atomic mass is 35.5. The second-order valence-corrected chi connectivity index (χ2v) is 13.0. The van der Waals surface area contributed by atoms with Crippen LogP contribution in [0.5, 0.6) is 0 Å². The third-order valence-corrected chi connectivity index (χ3v) is 10.0. The van der Waals surface area contributed by atoms with Crippen molar-refractivity contribution in [2.24, 2.45) is 5.92 Å². The van der Waals surface area contributed by atoms with E-state index in [-0.39, 0.29) is 17.8 Å². The fraction of sp³-hybridized carbons (Fsp3) is 0.419. The molecule has 1 fully saturated rings. The maximum Gasteiger partial charge on any atom is 0.346 e. The second kappa shape index (κ2) is 10.4. The van der Waals surface area contributed by atoms with Crippen LogP contribution in [0.25, 0.3) is 10.3 Å². The first kappa shape index (κ1) is 26.9. The number of nitrogens with zero attached hydrogens (tertiary/aromatic N) is 3. The second-order valence-electron chi connectivity index (χ2n) is 11.5. The number of ether oxygens (including phenoxy) is 2. The van der Waals surface area contributed by atoms with E-state index in [9.17, 15) is 14.3 Å². The predicted octanol–water partition coefficient (Wildman–Crippen LogP) is 6.68. The number of allylic oxidation sites excluding steroid dienone is 2. The summed E-state index contributed by atoms with van der Waals surface area (Å²) in [5, 5.41) is 9.84. The summed E-state index contributed by atoms with van der Waals surface area (Å²) in [6.07, 6.45) is 10.2. The molecule has 1 N–H and O–H groups in total. The maximum absolute atomic E-state index is 14.9. The van der Waals surface area contributed by atoms with Gasteiger partial charge in [-0.1, -0.05) is 35.4 Å². The van der Waals surface area contributed by atoms with Crippen molar-refractivity contribution < 1.29 is 23.8 Å². The van der Waals surface area contributed by atoms with Crippen molar-refractivity contribution in [3.63, 3.8) is 0 Å². The number of imidazole rings is 1. The lowest BCUT2D eigenvalue weighted by Gasteiger charge is -2.32. The summed E-state index contributed by atoms with van der Waals surface area (Å²) in [4.78, 5) is 19.9. The first-order valence-electron chi connectivity index (χ1n) is 14.1. The van der Waals surface area contributed by atoms with E-state index in [0.717, 1.165) is 60.9 Å². The van der Waals surface area contributed by atoms with Crippen LogP contribution in [0.2, 0.25) is 5.02 Å². The summed E-state index contributed by atoms with van der Waals surface area (Å²) >= 11 is 7.23. The van der Waals surface area contributed by atoms with Gasteiger partial charge in [-0.25, -0.2) is 14.2 Å². The molecule has 214 valence electrons. The summed E-state index contributed by atoms with van der Waals surface area (Å²) in [6.45, 7) is 5.82. The van der Waals surface area contributed by atoms with Crippen molar-refractivity contribution in [2.75, 3.05) is 19.7 Å². The fourth-order valence-electron chi connectivity index (χ4n) is 6.54. The van der Waals surface area contributed by atoms with Gasteiger partial charge in [0.05, 0.1) is 24.7 Å². The SMILES string of the molecule is CC1(c2ccc(Cl)cc2F)CC2=C(C=CCC2C2=CCN(Cc3nc4sc(C(=O)O)cc4n3CC3CCO3)CC2)O1. The predicted molar refractivity (Wildman–Crippen MR) is 156 cm³/mol. The number of rotatable bonds is 7. The zero-order valence-corrected chi connectivity index (χ0v) is 24.3. The first-order valence-corrected chi connectivity index (χ1v) is 15.3. The molecule has 4 aliphatic rings. The van der Waals surface area contributed by atoms with Crippen LogP contribution in [0.4, 0.5) is 4.39 Å². The van der Waals surface area contributed by atoms with Crippen molar-refractivity contribution in [1.82, 2.24) is 14.5 Å². The lowest BCUT2D eigenvalue weighted by molar-refractivity contribution is -0.0591. The Bertz CT molecular complexity index is 1640. The minimum absolute atomic E-state index is 0.148. The number of carboxylic acids is 1. The molecule has 0 amide bonds. The molecule has 10 heteroatoms. The van der Waals surface area contributed by atoms with Crippen LogP contribution in [0.1, 0.15) is 53.7 Å². The van der Waals surface area contributed by atoms with Gasteiger partial charge in [0, 0.05) is 42.6 Å². The van der Waals surface area contributed by atoms with E-state index in [1.165, 1.54) is 28.5 Å². The Morgan fingerprint density at radius 3 is 2.90 bits per heavy atom. The van der Waals surface area contributed by atoms with Gasteiger partial charge in [0.25, 0.3) is 0 Å². The molecule has 3 unspecified atom stereocenters. The molecule has 1 aliphatic carbocycles. The fourth-order valence-corrected chi connectivity index (χ4v) is 7.59. The molecule has 2 aromatic heterocycles. The molecule has 1 aromatic carbocycles. The first-order chi connectivity index (χ1) is 19.8. The van der Waals surface area contributed by atoms with Crippen LogP contribution in [-0.4, -0.2) is 51.3 Å². The largest absolute Gasteiger partial charge is 0.482 e. The Hall–Kier alpha value is -2.98. The molecule has 3 atom stereocenters. The molecule has 0 radical (unpaired) electrons. The molecule has 1 saturated heterocycles. The Morgan fingerprint density at radius 2 is 2.20 bits per heavy atom. The molecule has 7 nitrogen and oxygen atoms in total. The van der Waals surface area contributed by atoms with Gasteiger partial charge in [0.15, 0.2) is 0 Å². The number of halogens is 2. The lowest BCUT2D eigenvalue weighted by Crippen LogP contribution is -2.34. The molecule has 0 bridgehead atoms. The van der Waals surface area contributed by atoms with Crippen LogP contribution in [0, 0.1) is 11.7 Å². The monoisotopic (exact) mass is 595 g/mol. The average molecular weight is 596 g/mol. The van der Waals surface area contributed by atoms with Crippen LogP contribution in [0.3, 0.4) is 0 Å². The maximum atomic E-state index is 14.9. The number of carboxylic acid groups (broad SMARTS) is 1. The van der Waals surface area contributed by atoms with E-state index in [1.807, 2.05) is 13.0 Å². The Morgan fingerprint density at radius 1 is 1.34 bits per heavy atom. The summed E-state index contributed by atoms with van der Waals surface area (Å²) in [7, 11) is 0. The van der Waals surface area contributed by atoms with E-state index in [2.05, 4.69) is 21.6 Å². The number of hydrogen-bond donors (Lipinski definition) is 1. The van der Waals surface area contributed by atoms with Gasteiger partial charge in [0.1, 0.15) is 32.7 Å². The number of aromatic nitrogens is 2. The molecule has 0 saturated carbocycles. The van der Waals surface area contributed by atoms with Gasteiger partial charge in [-0.2, -0.15) is 0 Å². The van der Waals surface area contributed by atoms with Crippen LogP contribution in [0.15, 0.2) is 59.4 Å². The zero-order chi connectivity index (χ0) is 28.3. The van der Waals surface area contributed by atoms with Gasteiger partial charge >= 0.3 is 5.97 Å². The van der Waals surface area contributed by atoms with Crippen LogP contribution >= 0.6 is 22.9 Å². The lowest BCUT2D eigenvalue weighted by atomic mass is 9.78. The molecular weight excluding hydrogens is 565 g/mol. The van der Waals surface area contributed by atoms with Gasteiger partial charge < -0.3 is 19.1 Å². The van der Waals surface area contributed by atoms with Crippen molar-refractivity contribution in [1.29, 1.82) is 0 Å². The quantitative estimate of drug-likeness (QED) is 0.307. The third kappa shape index (κ3) is 4.92. The van der Waals surface area contributed by atoms with Crippen LogP contribution in [-0.2, 0) is 28.2 Å². The van der Waals surface area contributed by atoms with Crippen molar-refractivity contribution in [3.8, 4) is 0 Å². The third-order valence-electron chi connectivity index (χ3n) is 8.80. The topological polar surface area (TPSA) is 76.8 Å². The summed E-state index contributed by atoms with van der Waals surface area (Å²) in [6, 6.07) is 6.55. The zero-order valence-electron chi connectivity index (χ0n) is 22.7. The normalized spacial score (nSPS) is 26.2. The van der Waals surface area contributed by atoms with Crippen molar-refractivity contribution in [3.05, 3.63) is 86.5 Å². The molecule has 5 heterocycles. The number of aromatic carboxylic acids is 1. The van der Waals surface area contributed by atoms with E-state index in [0.29, 0.717) is 35.0 Å². The number of hydrogen-bond acceptors (Lipinski definition) is 6. The number of fused-ring (bicyclic) bond motifs is 1. The van der Waals surface area contributed by atoms with Gasteiger partial charge in [-0.15, -0.1) is 11.3 Å². The molecular formula is C31H31ClFN3O4S. The van der Waals surface area contributed by atoms with Gasteiger partial charge in [-0.3, -0.25) is 4.90 Å². The minimum Gasteiger partial charge on any atom is -0.482 e. The highest BCUT2D eigenvalue weighted by Crippen LogP contribution is 2.50. The number of benzene rings is 1. The Kier molecular flexibility index (Phi) is 6.81. The van der Waals surface area contributed by atoms with Crippen LogP contribution < -0.4 is 0 Å². The number of thiophene rings is 1. The smallest absolute Gasteiger partial charge is 0.346 e. The van der Waals surface area contributed by atoms with E-state index >= 15 is 0 Å². The summed E-state index contributed by atoms with van der Waals surface area (Å²) < 4.78 is 29.1. The van der Waals surface area contributed by atoms with E-state index < -0.39 is 11.6 Å².